The van der Waals surface area contributed by atoms with Crippen molar-refractivity contribution in [3.63, 3.8) is 0 Å². The number of rotatable bonds is 1. The van der Waals surface area contributed by atoms with Gasteiger partial charge in [-0.3, -0.25) is 0 Å². The van der Waals surface area contributed by atoms with Crippen LogP contribution < -0.4 is 11.1 Å². The molecule has 56 valence electrons. The standard InChI is InChI=1S/C5H9ClN4/c1-8-5-3(6)4(7)10(2)9-5/h7H2,1-2H3,(H,8,9). The molecule has 0 saturated heterocycles. The second kappa shape index (κ2) is 2.38. The predicted molar refractivity (Wildman–Crippen MR) is 42.2 cm³/mol. The molecule has 1 aromatic rings. The Labute approximate surface area is 64.0 Å². The van der Waals surface area contributed by atoms with Crippen LogP contribution in [0.1, 0.15) is 0 Å². The topological polar surface area (TPSA) is 55.9 Å². The van der Waals surface area contributed by atoms with Crippen molar-refractivity contribution in [1.82, 2.24) is 9.78 Å². The molecule has 1 rings (SSSR count). The van der Waals surface area contributed by atoms with Crippen molar-refractivity contribution >= 4 is 23.2 Å². The third-order valence-electron chi connectivity index (χ3n) is 1.27. The van der Waals surface area contributed by atoms with Crippen LogP contribution in [0.5, 0.6) is 0 Å². The fourth-order valence-electron chi connectivity index (χ4n) is 0.671. The molecule has 4 nitrogen and oxygen atoms in total. The molecule has 0 bridgehead atoms. The minimum absolute atomic E-state index is 0.477. The number of halogens is 1. The first kappa shape index (κ1) is 7.21. The average Bonchev–Trinajstić information content (AvgIpc) is 2.17. The molecule has 0 radical (unpaired) electrons. The van der Waals surface area contributed by atoms with E-state index in [2.05, 4.69) is 10.4 Å². The van der Waals surface area contributed by atoms with Gasteiger partial charge in [0, 0.05) is 14.1 Å². The van der Waals surface area contributed by atoms with E-state index in [0.29, 0.717) is 16.7 Å². The minimum atomic E-state index is 0.477. The number of anilines is 2. The summed E-state index contributed by atoms with van der Waals surface area (Å²) in [5.74, 6) is 1.09. The molecule has 0 amide bonds. The number of nitrogen functional groups attached to an aromatic ring is 1. The molecule has 0 unspecified atom stereocenters. The molecule has 0 spiro atoms. The summed E-state index contributed by atoms with van der Waals surface area (Å²) in [6.07, 6.45) is 0. The van der Waals surface area contributed by atoms with E-state index in [1.807, 2.05) is 0 Å². The highest BCUT2D eigenvalue weighted by Gasteiger charge is 2.08. The van der Waals surface area contributed by atoms with Gasteiger partial charge in [0.05, 0.1) is 0 Å². The Hall–Kier alpha value is -0.900. The van der Waals surface area contributed by atoms with E-state index in [-0.39, 0.29) is 0 Å². The van der Waals surface area contributed by atoms with Gasteiger partial charge in [-0.15, -0.1) is 0 Å². The van der Waals surface area contributed by atoms with Crippen molar-refractivity contribution in [3.8, 4) is 0 Å². The molecule has 3 N–H and O–H groups in total. The molecule has 0 aliphatic carbocycles. The van der Waals surface area contributed by atoms with Gasteiger partial charge in [0.1, 0.15) is 10.8 Å². The Kier molecular flexibility index (Phi) is 1.72. The lowest BCUT2D eigenvalue weighted by molar-refractivity contribution is 0.782. The first-order valence-corrected chi connectivity index (χ1v) is 3.20. The largest absolute Gasteiger partial charge is 0.383 e. The summed E-state index contributed by atoms with van der Waals surface area (Å²) >= 11 is 5.74. The zero-order valence-corrected chi connectivity index (χ0v) is 6.61. The van der Waals surface area contributed by atoms with Gasteiger partial charge in [-0.05, 0) is 0 Å². The van der Waals surface area contributed by atoms with Crippen LogP contribution in [0, 0.1) is 0 Å². The van der Waals surface area contributed by atoms with Crippen molar-refractivity contribution in [2.45, 2.75) is 0 Å². The average molecular weight is 161 g/mol. The molecule has 0 saturated carbocycles. The van der Waals surface area contributed by atoms with E-state index in [0.717, 1.165) is 0 Å². The van der Waals surface area contributed by atoms with Crippen LogP contribution in [-0.2, 0) is 7.05 Å². The Morgan fingerprint density at radius 3 is 2.50 bits per heavy atom. The SMILES string of the molecule is CNc1nn(C)c(N)c1Cl. The Morgan fingerprint density at radius 2 is 2.30 bits per heavy atom. The molecule has 0 aromatic carbocycles. The zero-order valence-electron chi connectivity index (χ0n) is 5.85. The molecule has 10 heavy (non-hydrogen) atoms. The molecule has 0 aliphatic rings. The number of aromatic nitrogens is 2. The van der Waals surface area contributed by atoms with Gasteiger partial charge in [0.15, 0.2) is 5.82 Å². The highest BCUT2D eigenvalue weighted by atomic mass is 35.5. The van der Waals surface area contributed by atoms with E-state index >= 15 is 0 Å². The second-order valence-electron chi connectivity index (χ2n) is 1.92. The van der Waals surface area contributed by atoms with Crippen LogP contribution in [0.25, 0.3) is 0 Å². The predicted octanol–water partition coefficient (Wildman–Crippen LogP) is 0.697. The van der Waals surface area contributed by atoms with Gasteiger partial charge in [-0.1, -0.05) is 11.6 Å². The van der Waals surface area contributed by atoms with E-state index in [1.165, 1.54) is 4.68 Å². The normalized spacial score (nSPS) is 9.90. The van der Waals surface area contributed by atoms with Gasteiger partial charge in [0.2, 0.25) is 0 Å². The van der Waals surface area contributed by atoms with E-state index in [4.69, 9.17) is 17.3 Å². The maximum Gasteiger partial charge on any atom is 0.168 e. The summed E-state index contributed by atoms with van der Waals surface area (Å²) in [7, 11) is 3.48. The summed E-state index contributed by atoms with van der Waals surface area (Å²) in [6.45, 7) is 0. The van der Waals surface area contributed by atoms with Gasteiger partial charge >= 0.3 is 0 Å². The van der Waals surface area contributed by atoms with Crippen LogP contribution in [-0.4, -0.2) is 16.8 Å². The lowest BCUT2D eigenvalue weighted by atomic mass is 10.6. The van der Waals surface area contributed by atoms with Crippen LogP contribution in [0.4, 0.5) is 11.6 Å². The highest BCUT2D eigenvalue weighted by molar-refractivity contribution is 6.35. The van der Waals surface area contributed by atoms with E-state index in [1.54, 1.807) is 14.1 Å². The van der Waals surface area contributed by atoms with Crippen molar-refractivity contribution in [2.75, 3.05) is 18.1 Å². The van der Waals surface area contributed by atoms with Crippen molar-refractivity contribution in [1.29, 1.82) is 0 Å². The van der Waals surface area contributed by atoms with Crippen molar-refractivity contribution in [2.24, 2.45) is 7.05 Å². The molecule has 5 heteroatoms. The quantitative estimate of drug-likeness (QED) is 0.636. The minimum Gasteiger partial charge on any atom is -0.383 e. The van der Waals surface area contributed by atoms with E-state index in [9.17, 15) is 0 Å². The molecular weight excluding hydrogens is 152 g/mol. The van der Waals surface area contributed by atoms with Gasteiger partial charge < -0.3 is 11.1 Å². The molecule has 0 aliphatic heterocycles. The molecular formula is C5H9ClN4. The zero-order chi connectivity index (χ0) is 7.72. The third kappa shape index (κ3) is 0.903. The highest BCUT2D eigenvalue weighted by Crippen LogP contribution is 2.25. The van der Waals surface area contributed by atoms with Gasteiger partial charge in [0.25, 0.3) is 0 Å². The number of nitrogens with two attached hydrogens (primary N) is 1. The third-order valence-corrected chi connectivity index (χ3v) is 1.64. The first-order valence-electron chi connectivity index (χ1n) is 2.82. The number of hydrogen-bond acceptors (Lipinski definition) is 3. The second-order valence-corrected chi connectivity index (χ2v) is 2.30. The Morgan fingerprint density at radius 1 is 1.70 bits per heavy atom. The fraction of sp³-hybridized carbons (Fsp3) is 0.400. The van der Waals surface area contributed by atoms with Crippen molar-refractivity contribution < 1.29 is 0 Å². The van der Waals surface area contributed by atoms with Crippen molar-refractivity contribution in [3.05, 3.63) is 5.02 Å². The molecule has 0 atom stereocenters. The van der Waals surface area contributed by atoms with Gasteiger partial charge in [-0.25, -0.2) is 4.68 Å². The first-order chi connectivity index (χ1) is 4.66. The van der Waals surface area contributed by atoms with Crippen LogP contribution >= 0.6 is 11.6 Å². The van der Waals surface area contributed by atoms with Gasteiger partial charge in [-0.2, -0.15) is 5.10 Å². The Balaban J connectivity index is 3.17. The Bertz CT molecular complexity index is 242. The summed E-state index contributed by atoms with van der Waals surface area (Å²) < 4.78 is 1.52. The lowest BCUT2D eigenvalue weighted by Crippen LogP contribution is -1.97. The molecule has 1 aromatic heterocycles. The maximum atomic E-state index is 5.74. The number of hydrogen-bond donors (Lipinski definition) is 2. The maximum absolute atomic E-state index is 5.74. The summed E-state index contributed by atoms with van der Waals surface area (Å²) in [5.41, 5.74) is 5.51. The summed E-state index contributed by atoms with van der Waals surface area (Å²) in [4.78, 5) is 0. The monoisotopic (exact) mass is 160 g/mol. The van der Waals surface area contributed by atoms with Crippen LogP contribution in [0.2, 0.25) is 5.02 Å². The summed E-state index contributed by atoms with van der Waals surface area (Å²) in [6, 6.07) is 0. The molecule has 0 fully saturated rings. The van der Waals surface area contributed by atoms with E-state index < -0.39 is 0 Å². The number of nitrogens with zero attached hydrogens (tertiary/aromatic N) is 2. The smallest absolute Gasteiger partial charge is 0.168 e. The van der Waals surface area contributed by atoms with Crippen LogP contribution in [0.3, 0.4) is 0 Å². The molecule has 1 heterocycles. The fourth-order valence-corrected chi connectivity index (χ4v) is 0.925. The van der Waals surface area contributed by atoms with Crippen LogP contribution in [0.15, 0.2) is 0 Å². The number of aryl methyl sites for hydroxylation is 1. The number of nitrogens with one attached hydrogen (secondary N) is 1. The lowest BCUT2D eigenvalue weighted by Gasteiger charge is -1.90. The summed E-state index contributed by atoms with van der Waals surface area (Å²) in [5, 5.41) is 7.27.